The van der Waals surface area contributed by atoms with Crippen LogP contribution < -0.4 is 4.90 Å². The summed E-state index contributed by atoms with van der Waals surface area (Å²) in [7, 11) is 0. The van der Waals surface area contributed by atoms with Gasteiger partial charge in [0.05, 0.1) is 18.8 Å². The van der Waals surface area contributed by atoms with Gasteiger partial charge < -0.3 is 14.7 Å². The molecule has 3 heterocycles. The number of morpholine rings is 1. The zero-order chi connectivity index (χ0) is 19.7. The molecule has 2 atom stereocenters. The van der Waals surface area contributed by atoms with Crippen molar-refractivity contribution in [2.75, 3.05) is 31.2 Å². The summed E-state index contributed by atoms with van der Waals surface area (Å²) < 4.78 is 5.46. The van der Waals surface area contributed by atoms with Crippen molar-refractivity contribution in [3.05, 3.63) is 65.7 Å². The molecule has 2 bridgehead atoms. The van der Waals surface area contributed by atoms with E-state index in [1.807, 2.05) is 0 Å². The lowest BCUT2D eigenvalue weighted by Crippen LogP contribution is -2.56. The first-order chi connectivity index (χ1) is 14.2. The highest BCUT2D eigenvalue weighted by atomic mass is 16.5. The maximum atomic E-state index is 11.7. The first-order valence-corrected chi connectivity index (χ1v) is 11.2. The summed E-state index contributed by atoms with van der Waals surface area (Å²) in [5, 5.41) is 11.7. The largest absolute Gasteiger partial charge is 0.385 e. The molecule has 2 aromatic rings. The molecular formula is C25H32N2O2. The van der Waals surface area contributed by atoms with Crippen LogP contribution in [0.3, 0.4) is 0 Å². The van der Waals surface area contributed by atoms with Crippen molar-refractivity contribution >= 4 is 5.69 Å². The van der Waals surface area contributed by atoms with Gasteiger partial charge in [0.25, 0.3) is 0 Å². The highest BCUT2D eigenvalue weighted by molar-refractivity contribution is 5.49. The standard InChI is InChI=1S/C25H32N2O2/c28-25(21-9-11-22(12-10-21)26-13-15-29-16-14-26)17-23-7-4-8-24(18-25)27(23)19-20-5-2-1-3-6-20/h1-3,5-6,9-12,23-24,28H,4,7-8,13-19H2. The van der Waals surface area contributed by atoms with Crippen LogP contribution in [0.2, 0.25) is 0 Å². The SMILES string of the molecule is OC1(c2ccc(N3CCOCC3)cc2)CC2CCCC(C1)N2Cc1ccccc1. The van der Waals surface area contributed by atoms with E-state index in [9.17, 15) is 5.11 Å². The predicted octanol–water partition coefficient (Wildman–Crippen LogP) is 3.93. The Morgan fingerprint density at radius 1 is 0.897 bits per heavy atom. The fourth-order valence-corrected chi connectivity index (χ4v) is 5.61. The van der Waals surface area contributed by atoms with E-state index < -0.39 is 5.60 Å². The van der Waals surface area contributed by atoms with E-state index in [1.165, 1.54) is 30.5 Å². The van der Waals surface area contributed by atoms with Crippen molar-refractivity contribution in [2.24, 2.45) is 0 Å². The van der Waals surface area contributed by atoms with Gasteiger partial charge in [0.15, 0.2) is 0 Å². The molecule has 3 fully saturated rings. The summed E-state index contributed by atoms with van der Waals surface area (Å²) in [6.45, 7) is 4.49. The van der Waals surface area contributed by atoms with Crippen molar-refractivity contribution < 1.29 is 9.84 Å². The molecule has 0 amide bonds. The lowest BCUT2D eigenvalue weighted by Gasteiger charge is -2.52. The number of hydrogen-bond acceptors (Lipinski definition) is 4. The maximum Gasteiger partial charge on any atom is 0.0926 e. The Labute approximate surface area is 174 Å². The number of rotatable bonds is 4. The minimum absolute atomic E-state index is 0.464. The molecule has 1 N–H and O–H groups in total. The van der Waals surface area contributed by atoms with Crippen molar-refractivity contribution in [1.29, 1.82) is 0 Å². The Morgan fingerprint density at radius 3 is 2.21 bits per heavy atom. The molecule has 0 aliphatic carbocycles. The predicted molar refractivity (Wildman–Crippen MR) is 116 cm³/mol. The van der Waals surface area contributed by atoms with E-state index in [0.717, 1.165) is 51.3 Å². The molecule has 2 aromatic carbocycles. The Bertz CT molecular complexity index is 787. The number of benzene rings is 2. The summed E-state index contributed by atoms with van der Waals surface area (Å²) in [6.07, 6.45) is 5.35. The van der Waals surface area contributed by atoms with Gasteiger partial charge in [0, 0.05) is 37.4 Å². The molecule has 5 rings (SSSR count). The fourth-order valence-electron chi connectivity index (χ4n) is 5.61. The van der Waals surface area contributed by atoms with Gasteiger partial charge in [-0.1, -0.05) is 48.9 Å². The van der Waals surface area contributed by atoms with Crippen molar-refractivity contribution in [2.45, 2.75) is 56.3 Å². The lowest BCUT2D eigenvalue weighted by molar-refractivity contribution is -0.0999. The molecule has 0 radical (unpaired) electrons. The highest BCUT2D eigenvalue weighted by Gasteiger charge is 2.46. The summed E-state index contributed by atoms with van der Waals surface area (Å²) in [5.74, 6) is 0. The molecule has 3 aliphatic rings. The van der Waals surface area contributed by atoms with Gasteiger partial charge in [-0.15, -0.1) is 0 Å². The van der Waals surface area contributed by atoms with Crippen LogP contribution in [-0.4, -0.2) is 48.4 Å². The van der Waals surface area contributed by atoms with Crippen LogP contribution in [0.15, 0.2) is 54.6 Å². The average molecular weight is 393 g/mol. The summed E-state index contributed by atoms with van der Waals surface area (Å²) >= 11 is 0. The zero-order valence-corrected chi connectivity index (χ0v) is 17.2. The summed E-state index contributed by atoms with van der Waals surface area (Å²) in [5.41, 5.74) is 3.00. The van der Waals surface area contributed by atoms with Crippen LogP contribution in [0.5, 0.6) is 0 Å². The molecule has 0 spiro atoms. The van der Waals surface area contributed by atoms with Crippen LogP contribution in [-0.2, 0) is 16.9 Å². The Hall–Kier alpha value is -1.88. The molecule has 0 aromatic heterocycles. The Morgan fingerprint density at radius 2 is 1.55 bits per heavy atom. The summed E-state index contributed by atoms with van der Waals surface area (Å²) in [6, 6.07) is 20.4. The number of aliphatic hydroxyl groups is 1. The molecule has 154 valence electrons. The minimum Gasteiger partial charge on any atom is -0.385 e. The van der Waals surface area contributed by atoms with Crippen molar-refractivity contribution in [1.82, 2.24) is 4.90 Å². The topological polar surface area (TPSA) is 35.9 Å². The second kappa shape index (κ2) is 8.10. The van der Waals surface area contributed by atoms with E-state index in [-0.39, 0.29) is 0 Å². The van der Waals surface area contributed by atoms with Gasteiger partial charge in [-0.25, -0.2) is 0 Å². The van der Waals surface area contributed by atoms with Crippen molar-refractivity contribution in [3.8, 4) is 0 Å². The Kier molecular flexibility index (Phi) is 5.33. The van der Waals surface area contributed by atoms with E-state index in [4.69, 9.17) is 4.74 Å². The van der Waals surface area contributed by atoms with Gasteiger partial charge >= 0.3 is 0 Å². The van der Waals surface area contributed by atoms with Crippen LogP contribution >= 0.6 is 0 Å². The number of hydrogen-bond donors (Lipinski definition) is 1. The third-order valence-electron chi connectivity index (χ3n) is 7.15. The van der Waals surface area contributed by atoms with Gasteiger partial charge in [0.1, 0.15) is 0 Å². The van der Waals surface area contributed by atoms with Gasteiger partial charge in [-0.2, -0.15) is 0 Å². The monoisotopic (exact) mass is 392 g/mol. The molecule has 3 saturated heterocycles. The molecule has 3 aliphatic heterocycles. The van der Waals surface area contributed by atoms with Crippen molar-refractivity contribution in [3.63, 3.8) is 0 Å². The quantitative estimate of drug-likeness (QED) is 0.855. The second-order valence-electron chi connectivity index (χ2n) is 8.98. The molecule has 2 unspecified atom stereocenters. The number of anilines is 1. The lowest BCUT2D eigenvalue weighted by atomic mass is 9.72. The first-order valence-electron chi connectivity index (χ1n) is 11.2. The summed E-state index contributed by atoms with van der Waals surface area (Å²) in [4.78, 5) is 5.03. The molecule has 4 nitrogen and oxygen atoms in total. The first kappa shape index (κ1) is 19.1. The number of ether oxygens (including phenoxy) is 1. The van der Waals surface area contributed by atoms with E-state index in [0.29, 0.717) is 12.1 Å². The number of fused-ring (bicyclic) bond motifs is 2. The van der Waals surface area contributed by atoms with E-state index in [2.05, 4.69) is 64.4 Å². The average Bonchev–Trinajstić information content (AvgIpc) is 2.76. The van der Waals surface area contributed by atoms with Gasteiger partial charge in [0.2, 0.25) is 0 Å². The van der Waals surface area contributed by atoms with E-state index in [1.54, 1.807) is 0 Å². The highest BCUT2D eigenvalue weighted by Crippen LogP contribution is 2.45. The molecular weight excluding hydrogens is 360 g/mol. The van der Waals surface area contributed by atoms with Crippen LogP contribution in [0, 0.1) is 0 Å². The maximum absolute atomic E-state index is 11.7. The van der Waals surface area contributed by atoms with Crippen LogP contribution in [0.4, 0.5) is 5.69 Å². The number of nitrogens with zero attached hydrogens (tertiary/aromatic N) is 2. The number of piperidine rings is 2. The normalized spacial score (nSPS) is 30.3. The molecule has 4 heteroatoms. The molecule has 0 saturated carbocycles. The van der Waals surface area contributed by atoms with E-state index >= 15 is 0 Å². The molecule has 29 heavy (non-hydrogen) atoms. The third-order valence-corrected chi connectivity index (χ3v) is 7.15. The van der Waals surface area contributed by atoms with Crippen LogP contribution in [0.1, 0.15) is 43.2 Å². The van der Waals surface area contributed by atoms with Crippen LogP contribution in [0.25, 0.3) is 0 Å². The minimum atomic E-state index is -0.702. The zero-order valence-electron chi connectivity index (χ0n) is 17.2. The van der Waals surface area contributed by atoms with Gasteiger partial charge in [-0.3, -0.25) is 4.90 Å². The third kappa shape index (κ3) is 3.94. The Balaban J connectivity index is 1.32. The second-order valence-corrected chi connectivity index (χ2v) is 8.98. The smallest absolute Gasteiger partial charge is 0.0926 e. The fraction of sp³-hybridized carbons (Fsp3) is 0.520. The van der Waals surface area contributed by atoms with Gasteiger partial charge in [-0.05, 0) is 48.9 Å².